The van der Waals surface area contributed by atoms with Crippen molar-refractivity contribution in [1.29, 1.82) is 0 Å². The predicted octanol–water partition coefficient (Wildman–Crippen LogP) is 1.13. The van der Waals surface area contributed by atoms with Gasteiger partial charge in [0.25, 0.3) is 0 Å². The number of hydrogen-bond acceptors (Lipinski definition) is 3. The highest BCUT2D eigenvalue weighted by Crippen LogP contribution is 2.15. The van der Waals surface area contributed by atoms with Gasteiger partial charge >= 0.3 is 0 Å². The minimum Gasteiger partial charge on any atom is -0.349 e. The number of carbonyl (C=O) groups excluding carboxylic acids is 3. The Hall–Kier alpha value is -1.85. The van der Waals surface area contributed by atoms with Crippen LogP contribution >= 0.6 is 0 Å². The van der Waals surface area contributed by atoms with Gasteiger partial charge in [-0.3, -0.25) is 14.4 Å². The van der Waals surface area contributed by atoms with Gasteiger partial charge in [-0.1, -0.05) is 5.57 Å². The molecule has 0 rings (SSSR count). The average molecular weight is 311 g/mol. The van der Waals surface area contributed by atoms with E-state index in [0.717, 1.165) is 5.57 Å². The summed E-state index contributed by atoms with van der Waals surface area (Å²) >= 11 is 0. The van der Waals surface area contributed by atoms with E-state index in [1.807, 2.05) is 0 Å². The van der Waals surface area contributed by atoms with E-state index in [1.165, 1.54) is 4.90 Å². The maximum Gasteiger partial charge on any atom is 0.245 e. The SMILES string of the molecule is CN(C)C(=O)/C=C(/CCCC(=O)N(C)C)CCC(=O)N(C)C. The molecule has 6 heteroatoms. The number of amides is 3. The highest BCUT2D eigenvalue weighted by Gasteiger charge is 2.10. The van der Waals surface area contributed by atoms with Crippen molar-refractivity contribution in [3.63, 3.8) is 0 Å². The third-order valence-electron chi connectivity index (χ3n) is 3.31. The minimum atomic E-state index is -0.0914. The summed E-state index contributed by atoms with van der Waals surface area (Å²) in [7, 11) is 10.3. The van der Waals surface area contributed by atoms with Gasteiger partial charge in [0.2, 0.25) is 17.7 Å². The number of likely N-dealkylation sites (N-methyl/N-ethyl adjacent to an activating group) is 1. The van der Waals surface area contributed by atoms with Crippen LogP contribution in [-0.2, 0) is 14.4 Å². The lowest BCUT2D eigenvalue weighted by Gasteiger charge is -2.14. The number of rotatable bonds is 8. The molecule has 0 aromatic carbocycles. The Morgan fingerprint density at radius 1 is 0.682 bits per heavy atom. The minimum absolute atomic E-state index is 0.0348. The molecule has 0 bridgehead atoms. The Morgan fingerprint density at radius 2 is 1.18 bits per heavy atom. The summed E-state index contributed by atoms with van der Waals surface area (Å²) in [5, 5.41) is 0. The Bertz CT molecular complexity index is 426. The predicted molar refractivity (Wildman–Crippen MR) is 87.3 cm³/mol. The van der Waals surface area contributed by atoms with E-state index in [-0.39, 0.29) is 17.7 Å². The zero-order chi connectivity index (χ0) is 17.3. The molecule has 0 saturated heterocycles. The molecule has 0 fully saturated rings. The Balaban J connectivity index is 4.63. The number of carbonyl (C=O) groups is 3. The summed E-state index contributed by atoms with van der Waals surface area (Å²) in [5.74, 6) is 0.0152. The lowest BCUT2D eigenvalue weighted by Crippen LogP contribution is -2.22. The quantitative estimate of drug-likeness (QED) is 0.631. The van der Waals surface area contributed by atoms with Crippen molar-refractivity contribution in [1.82, 2.24) is 14.7 Å². The summed E-state index contributed by atoms with van der Waals surface area (Å²) in [4.78, 5) is 39.7. The second kappa shape index (κ2) is 9.97. The Kier molecular flexibility index (Phi) is 9.13. The maximum atomic E-state index is 11.8. The van der Waals surface area contributed by atoms with E-state index in [4.69, 9.17) is 0 Å². The highest BCUT2D eigenvalue weighted by atomic mass is 16.2. The molecule has 0 aliphatic rings. The van der Waals surface area contributed by atoms with Crippen molar-refractivity contribution in [2.75, 3.05) is 42.3 Å². The molecule has 6 nitrogen and oxygen atoms in total. The number of nitrogens with zero attached hydrogens (tertiary/aromatic N) is 3. The third kappa shape index (κ3) is 8.44. The van der Waals surface area contributed by atoms with Gasteiger partial charge in [0.1, 0.15) is 0 Å². The van der Waals surface area contributed by atoms with Crippen LogP contribution in [0.25, 0.3) is 0 Å². The van der Waals surface area contributed by atoms with Crippen LogP contribution in [0.15, 0.2) is 11.6 Å². The van der Waals surface area contributed by atoms with Gasteiger partial charge in [-0.05, 0) is 19.3 Å². The fraction of sp³-hybridized carbons (Fsp3) is 0.688. The average Bonchev–Trinajstić information content (AvgIpc) is 2.43. The van der Waals surface area contributed by atoms with Gasteiger partial charge < -0.3 is 14.7 Å². The van der Waals surface area contributed by atoms with Crippen molar-refractivity contribution in [3.8, 4) is 0 Å². The first-order valence-corrected chi connectivity index (χ1v) is 7.46. The fourth-order valence-electron chi connectivity index (χ4n) is 1.75. The second-order valence-corrected chi connectivity index (χ2v) is 5.97. The molecule has 126 valence electrons. The first kappa shape index (κ1) is 20.1. The first-order chi connectivity index (χ1) is 10.1. The molecule has 0 spiro atoms. The van der Waals surface area contributed by atoms with Gasteiger partial charge in [-0.15, -0.1) is 0 Å². The molecule has 0 atom stereocenters. The molecule has 3 amide bonds. The van der Waals surface area contributed by atoms with E-state index in [2.05, 4.69) is 0 Å². The van der Waals surface area contributed by atoms with Gasteiger partial charge in [-0.25, -0.2) is 0 Å². The van der Waals surface area contributed by atoms with Crippen LogP contribution in [0.2, 0.25) is 0 Å². The van der Waals surface area contributed by atoms with E-state index >= 15 is 0 Å². The normalized spacial score (nSPS) is 11.1. The smallest absolute Gasteiger partial charge is 0.245 e. The summed E-state index contributed by atoms with van der Waals surface area (Å²) < 4.78 is 0. The standard InChI is InChI=1S/C16H29N3O3/c1-17(2)14(20)9-7-8-13(12-16(22)19(5)6)10-11-15(21)18(3)4/h12H,7-11H2,1-6H3/b13-12-. The lowest BCUT2D eigenvalue weighted by molar-refractivity contribution is -0.129. The highest BCUT2D eigenvalue weighted by molar-refractivity contribution is 5.88. The molecule has 0 radical (unpaired) electrons. The van der Waals surface area contributed by atoms with Crippen LogP contribution in [0.5, 0.6) is 0 Å². The van der Waals surface area contributed by atoms with Gasteiger partial charge in [0.05, 0.1) is 0 Å². The van der Waals surface area contributed by atoms with Crippen LogP contribution in [0.1, 0.15) is 32.1 Å². The molecule has 0 aromatic rings. The van der Waals surface area contributed by atoms with Crippen molar-refractivity contribution in [2.45, 2.75) is 32.1 Å². The van der Waals surface area contributed by atoms with Gasteiger partial charge in [0, 0.05) is 61.2 Å². The van der Waals surface area contributed by atoms with Crippen LogP contribution in [0, 0.1) is 0 Å². The third-order valence-corrected chi connectivity index (χ3v) is 3.31. The van der Waals surface area contributed by atoms with Crippen molar-refractivity contribution >= 4 is 17.7 Å². The molecule has 22 heavy (non-hydrogen) atoms. The summed E-state index contributed by atoms with van der Waals surface area (Å²) in [6.07, 6.45) is 4.29. The van der Waals surface area contributed by atoms with Gasteiger partial charge in [0.15, 0.2) is 0 Å². The molecular weight excluding hydrogens is 282 g/mol. The fourth-order valence-corrected chi connectivity index (χ4v) is 1.75. The first-order valence-electron chi connectivity index (χ1n) is 7.46. The Labute approximate surface area is 133 Å². The van der Waals surface area contributed by atoms with Crippen molar-refractivity contribution in [2.24, 2.45) is 0 Å². The van der Waals surface area contributed by atoms with Crippen LogP contribution in [0.3, 0.4) is 0 Å². The van der Waals surface area contributed by atoms with Crippen LogP contribution < -0.4 is 0 Å². The summed E-state index contributed by atoms with van der Waals surface area (Å²) in [6, 6.07) is 0. The molecule has 0 saturated carbocycles. The van der Waals surface area contributed by atoms with E-state index < -0.39 is 0 Å². The molecule has 0 aliphatic carbocycles. The molecule has 0 aliphatic heterocycles. The van der Waals surface area contributed by atoms with E-state index in [0.29, 0.717) is 32.1 Å². The van der Waals surface area contributed by atoms with E-state index in [1.54, 1.807) is 58.2 Å². The van der Waals surface area contributed by atoms with Crippen LogP contribution in [-0.4, -0.2) is 74.7 Å². The van der Waals surface area contributed by atoms with E-state index in [9.17, 15) is 14.4 Å². The monoisotopic (exact) mass is 311 g/mol. The molecule has 0 aromatic heterocycles. The molecule has 0 unspecified atom stereocenters. The number of hydrogen-bond donors (Lipinski definition) is 0. The zero-order valence-corrected chi connectivity index (χ0v) is 14.7. The molecule has 0 heterocycles. The van der Waals surface area contributed by atoms with Crippen molar-refractivity contribution in [3.05, 3.63) is 11.6 Å². The molecular formula is C16H29N3O3. The Morgan fingerprint density at radius 3 is 1.64 bits per heavy atom. The largest absolute Gasteiger partial charge is 0.349 e. The van der Waals surface area contributed by atoms with Crippen LogP contribution in [0.4, 0.5) is 0 Å². The lowest BCUT2D eigenvalue weighted by atomic mass is 10.0. The van der Waals surface area contributed by atoms with Crippen molar-refractivity contribution < 1.29 is 14.4 Å². The number of allylic oxidation sites excluding steroid dienone is 1. The second-order valence-electron chi connectivity index (χ2n) is 5.97. The summed E-state index contributed by atoms with van der Waals surface area (Å²) in [5.41, 5.74) is 0.917. The van der Waals surface area contributed by atoms with Gasteiger partial charge in [-0.2, -0.15) is 0 Å². The zero-order valence-electron chi connectivity index (χ0n) is 14.7. The maximum absolute atomic E-state index is 11.8. The topological polar surface area (TPSA) is 60.9 Å². The summed E-state index contributed by atoms with van der Waals surface area (Å²) in [6.45, 7) is 0. The molecule has 0 N–H and O–H groups in total.